The molecule has 1 amide bonds. The molecule has 6 heteroatoms. The number of methoxy groups -OCH3 is 2. The minimum atomic E-state index is 0.199. The third kappa shape index (κ3) is 4.14. The highest BCUT2D eigenvalue weighted by atomic mass is 16.5. The van der Waals surface area contributed by atoms with E-state index in [0.717, 1.165) is 55.4 Å². The van der Waals surface area contributed by atoms with Crippen molar-refractivity contribution in [3.8, 4) is 11.5 Å². The number of rotatable bonds is 6. The molecule has 0 spiro atoms. The number of aryl methyl sites for hydroxylation is 1. The summed E-state index contributed by atoms with van der Waals surface area (Å²) in [6, 6.07) is 16.5. The van der Waals surface area contributed by atoms with Crippen LogP contribution in [0.3, 0.4) is 0 Å². The Bertz CT molecular complexity index is 1040. The second-order valence-electron chi connectivity index (χ2n) is 7.93. The standard InChI is InChI=1S/C24H29N3O3/c1-18-14-20-6-4-5-7-21(20)27(18)17-24(28)26-12-10-25(11-13-26)16-19-8-9-22(29-2)23(15-19)30-3/h4-9,14-15H,10-13,16-17H2,1-3H3/p+1. The molecule has 1 saturated heterocycles. The number of nitrogens with one attached hydrogen (secondary N) is 1. The molecule has 0 saturated carbocycles. The van der Waals surface area contributed by atoms with Crippen LogP contribution in [0.2, 0.25) is 0 Å². The molecule has 0 bridgehead atoms. The third-order valence-corrected chi connectivity index (χ3v) is 6.04. The third-order valence-electron chi connectivity index (χ3n) is 6.04. The molecule has 1 aliphatic rings. The number of nitrogens with zero attached hydrogens (tertiary/aromatic N) is 2. The molecular formula is C24H30N3O3+. The highest BCUT2D eigenvalue weighted by Crippen LogP contribution is 2.27. The number of hydrogen-bond acceptors (Lipinski definition) is 3. The highest BCUT2D eigenvalue weighted by molar-refractivity contribution is 5.84. The number of ether oxygens (including phenoxy) is 2. The Kier molecular flexibility index (Phi) is 5.95. The molecule has 4 rings (SSSR count). The summed E-state index contributed by atoms with van der Waals surface area (Å²) in [5.74, 6) is 1.71. The van der Waals surface area contributed by atoms with Gasteiger partial charge in [0.05, 0.1) is 40.4 Å². The van der Waals surface area contributed by atoms with Crippen LogP contribution in [0.4, 0.5) is 0 Å². The van der Waals surface area contributed by atoms with Crippen molar-refractivity contribution >= 4 is 16.8 Å². The van der Waals surface area contributed by atoms with Gasteiger partial charge in [0.1, 0.15) is 13.1 Å². The SMILES string of the molecule is COc1ccc(C[NH+]2CCN(C(=O)Cn3c(C)cc4ccccc43)CC2)cc1OC. The first-order valence-corrected chi connectivity index (χ1v) is 10.5. The smallest absolute Gasteiger partial charge is 0.242 e. The summed E-state index contributed by atoms with van der Waals surface area (Å²) in [5, 5.41) is 1.19. The average molecular weight is 409 g/mol. The van der Waals surface area contributed by atoms with E-state index in [4.69, 9.17) is 9.47 Å². The van der Waals surface area contributed by atoms with Crippen LogP contribution in [0.15, 0.2) is 48.5 Å². The molecule has 0 unspecified atom stereocenters. The van der Waals surface area contributed by atoms with E-state index in [1.54, 1.807) is 14.2 Å². The summed E-state index contributed by atoms with van der Waals surface area (Å²) in [5.41, 5.74) is 3.47. The molecule has 2 aromatic carbocycles. The molecule has 1 aliphatic heterocycles. The summed E-state index contributed by atoms with van der Waals surface area (Å²) in [6.45, 7) is 6.88. The fraction of sp³-hybridized carbons (Fsp3) is 0.375. The van der Waals surface area contributed by atoms with Crippen molar-refractivity contribution in [1.29, 1.82) is 0 Å². The van der Waals surface area contributed by atoms with Crippen LogP contribution in [0, 0.1) is 6.92 Å². The predicted octanol–water partition coefficient (Wildman–Crippen LogP) is 1.89. The largest absolute Gasteiger partial charge is 0.493 e. The fourth-order valence-corrected chi connectivity index (χ4v) is 4.32. The Morgan fingerprint density at radius 2 is 1.73 bits per heavy atom. The summed E-state index contributed by atoms with van der Waals surface area (Å²) in [7, 11) is 3.31. The number of fused-ring (bicyclic) bond motifs is 1. The zero-order chi connectivity index (χ0) is 21.1. The zero-order valence-corrected chi connectivity index (χ0v) is 18.0. The Labute approximate surface area is 177 Å². The molecular weight excluding hydrogens is 378 g/mol. The van der Waals surface area contributed by atoms with E-state index in [-0.39, 0.29) is 5.91 Å². The van der Waals surface area contributed by atoms with Gasteiger partial charge in [0.2, 0.25) is 5.91 Å². The Morgan fingerprint density at radius 1 is 1.00 bits per heavy atom. The van der Waals surface area contributed by atoms with Crippen LogP contribution >= 0.6 is 0 Å². The van der Waals surface area contributed by atoms with Crippen molar-refractivity contribution < 1.29 is 19.2 Å². The number of hydrogen-bond donors (Lipinski definition) is 1. The first-order valence-electron chi connectivity index (χ1n) is 10.5. The number of carbonyl (C=O) groups excluding carboxylic acids is 1. The second-order valence-corrected chi connectivity index (χ2v) is 7.93. The van der Waals surface area contributed by atoms with Crippen LogP contribution in [-0.2, 0) is 17.9 Å². The van der Waals surface area contributed by atoms with Crippen LogP contribution < -0.4 is 14.4 Å². The lowest BCUT2D eigenvalue weighted by molar-refractivity contribution is -0.917. The van der Waals surface area contributed by atoms with E-state index >= 15 is 0 Å². The summed E-state index contributed by atoms with van der Waals surface area (Å²) >= 11 is 0. The lowest BCUT2D eigenvalue weighted by Gasteiger charge is -2.32. The molecule has 0 aliphatic carbocycles. The Morgan fingerprint density at radius 3 is 2.47 bits per heavy atom. The normalized spacial score (nSPS) is 14.8. The maximum atomic E-state index is 12.9. The number of aromatic nitrogens is 1. The molecule has 6 nitrogen and oxygen atoms in total. The van der Waals surface area contributed by atoms with E-state index in [0.29, 0.717) is 6.54 Å². The Balaban J connectivity index is 1.35. The average Bonchev–Trinajstić information content (AvgIpc) is 3.09. The highest BCUT2D eigenvalue weighted by Gasteiger charge is 2.24. The van der Waals surface area contributed by atoms with Gasteiger partial charge in [-0.25, -0.2) is 0 Å². The van der Waals surface area contributed by atoms with Crippen molar-refractivity contribution in [2.75, 3.05) is 40.4 Å². The van der Waals surface area contributed by atoms with Gasteiger partial charge in [0, 0.05) is 16.8 Å². The quantitative estimate of drug-likeness (QED) is 0.678. The van der Waals surface area contributed by atoms with Crippen molar-refractivity contribution in [1.82, 2.24) is 9.47 Å². The van der Waals surface area contributed by atoms with Gasteiger partial charge < -0.3 is 23.8 Å². The second kappa shape index (κ2) is 8.79. The molecule has 2 heterocycles. The van der Waals surface area contributed by atoms with Crippen LogP contribution in [-0.4, -0.2) is 55.8 Å². The first kappa shape index (κ1) is 20.3. The lowest BCUT2D eigenvalue weighted by Crippen LogP contribution is -3.13. The Hall–Kier alpha value is -2.99. The van der Waals surface area contributed by atoms with Gasteiger partial charge in [-0.15, -0.1) is 0 Å². The van der Waals surface area contributed by atoms with Crippen molar-refractivity contribution in [3.05, 3.63) is 59.8 Å². The molecule has 1 fully saturated rings. The van der Waals surface area contributed by atoms with Crippen LogP contribution in [0.5, 0.6) is 11.5 Å². The number of benzene rings is 2. The maximum Gasteiger partial charge on any atom is 0.242 e. The molecule has 0 radical (unpaired) electrons. The number of amides is 1. The van der Waals surface area contributed by atoms with Gasteiger partial charge in [-0.1, -0.05) is 18.2 Å². The van der Waals surface area contributed by atoms with E-state index in [9.17, 15) is 4.79 Å². The monoisotopic (exact) mass is 408 g/mol. The van der Waals surface area contributed by atoms with Gasteiger partial charge in [0.15, 0.2) is 11.5 Å². The lowest BCUT2D eigenvalue weighted by atomic mass is 10.1. The van der Waals surface area contributed by atoms with Gasteiger partial charge >= 0.3 is 0 Å². The van der Waals surface area contributed by atoms with Crippen molar-refractivity contribution in [2.24, 2.45) is 0 Å². The molecule has 1 N–H and O–H groups in total. The van der Waals surface area contributed by atoms with Gasteiger partial charge in [-0.05, 0) is 42.6 Å². The van der Waals surface area contributed by atoms with E-state index in [2.05, 4.69) is 35.8 Å². The minimum absolute atomic E-state index is 0.199. The fourth-order valence-electron chi connectivity index (χ4n) is 4.32. The van der Waals surface area contributed by atoms with Crippen LogP contribution in [0.1, 0.15) is 11.3 Å². The molecule has 30 heavy (non-hydrogen) atoms. The van der Waals surface area contributed by atoms with E-state index in [1.807, 2.05) is 29.2 Å². The minimum Gasteiger partial charge on any atom is -0.493 e. The van der Waals surface area contributed by atoms with Gasteiger partial charge in [0.25, 0.3) is 0 Å². The molecule has 0 atom stereocenters. The first-order chi connectivity index (χ1) is 14.6. The number of quaternary nitrogens is 1. The van der Waals surface area contributed by atoms with Crippen molar-refractivity contribution in [2.45, 2.75) is 20.0 Å². The van der Waals surface area contributed by atoms with Crippen molar-refractivity contribution in [3.63, 3.8) is 0 Å². The molecule has 158 valence electrons. The van der Waals surface area contributed by atoms with Gasteiger partial charge in [-0.3, -0.25) is 4.79 Å². The summed E-state index contributed by atoms with van der Waals surface area (Å²) in [4.78, 5) is 16.4. The number of para-hydroxylation sites is 1. The van der Waals surface area contributed by atoms with E-state index in [1.165, 1.54) is 15.8 Å². The van der Waals surface area contributed by atoms with Gasteiger partial charge in [-0.2, -0.15) is 0 Å². The molecule has 1 aromatic heterocycles. The summed E-state index contributed by atoms with van der Waals surface area (Å²) < 4.78 is 12.9. The zero-order valence-electron chi connectivity index (χ0n) is 18.0. The van der Waals surface area contributed by atoms with Crippen LogP contribution in [0.25, 0.3) is 10.9 Å². The molecule has 3 aromatic rings. The summed E-state index contributed by atoms with van der Waals surface area (Å²) in [6.07, 6.45) is 0. The predicted molar refractivity (Wildman–Crippen MR) is 117 cm³/mol. The van der Waals surface area contributed by atoms with E-state index < -0.39 is 0 Å². The number of carbonyl (C=O) groups is 1. The maximum absolute atomic E-state index is 12.9. The topological polar surface area (TPSA) is 48.1 Å². The number of piperazine rings is 1.